The predicted octanol–water partition coefficient (Wildman–Crippen LogP) is 2.06. The van der Waals surface area contributed by atoms with E-state index in [-0.39, 0.29) is 0 Å². The van der Waals surface area contributed by atoms with Crippen LogP contribution in [0.4, 0.5) is 0 Å². The number of hydrogen-bond donors (Lipinski definition) is 0. The fourth-order valence-corrected chi connectivity index (χ4v) is 1.08. The molecular formula is C9H6ClNO. The maximum atomic E-state index is 10.7. The quantitative estimate of drug-likeness (QED) is 0.652. The Hall–Kier alpha value is -1.33. The van der Waals surface area contributed by atoms with Gasteiger partial charge in [0.2, 0.25) is 5.24 Å². The van der Waals surface area contributed by atoms with Gasteiger partial charge in [0.1, 0.15) is 5.92 Å². The summed E-state index contributed by atoms with van der Waals surface area (Å²) in [5.74, 6) is -0.840. The van der Waals surface area contributed by atoms with Gasteiger partial charge in [0.25, 0.3) is 0 Å². The van der Waals surface area contributed by atoms with Crippen molar-refractivity contribution < 1.29 is 4.79 Å². The number of nitrogens with zero attached hydrogens (tertiary/aromatic N) is 1. The molecule has 0 radical (unpaired) electrons. The monoisotopic (exact) mass is 179 g/mol. The van der Waals surface area contributed by atoms with Gasteiger partial charge in [-0.1, -0.05) is 30.3 Å². The molecule has 1 aromatic rings. The molecular weight excluding hydrogens is 174 g/mol. The highest BCUT2D eigenvalue weighted by Gasteiger charge is 2.16. The van der Waals surface area contributed by atoms with E-state index in [0.29, 0.717) is 5.56 Å². The summed E-state index contributed by atoms with van der Waals surface area (Å²) in [6.07, 6.45) is 0. The van der Waals surface area contributed by atoms with Crippen LogP contribution in [0.2, 0.25) is 0 Å². The van der Waals surface area contributed by atoms with E-state index in [9.17, 15) is 4.79 Å². The summed E-state index contributed by atoms with van der Waals surface area (Å²) >= 11 is 5.22. The number of carbonyl (C=O) groups excluding carboxylic acids is 1. The first kappa shape index (κ1) is 8.76. The van der Waals surface area contributed by atoms with Crippen LogP contribution >= 0.6 is 11.6 Å². The molecule has 0 heterocycles. The summed E-state index contributed by atoms with van der Waals surface area (Å²) in [5, 5.41) is 7.96. The van der Waals surface area contributed by atoms with Crippen LogP contribution in [-0.4, -0.2) is 5.24 Å². The Labute approximate surface area is 75.4 Å². The summed E-state index contributed by atoms with van der Waals surface area (Å²) in [7, 11) is 0. The zero-order valence-corrected chi connectivity index (χ0v) is 6.95. The molecule has 1 rings (SSSR count). The molecule has 60 valence electrons. The molecule has 3 heteroatoms. The van der Waals surface area contributed by atoms with Crippen molar-refractivity contribution in [2.45, 2.75) is 5.92 Å². The van der Waals surface area contributed by atoms with Gasteiger partial charge in [-0.2, -0.15) is 5.26 Å². The molecule has 0 N–H and O–H groups in total. The van der Waals surface area contributed by atoms with Crippen LogP contribution in [-0.2, 0) is 4.79 Å². The zero-order chi connectivity index (χ0) is 8.97. The summed E-state index contributed by atoms with van der Waals surface area (Å²) in [6.45, 7) is 0. The SMILES string of the molecule is N#CC(C(=O)Cl)c1ccccc1. The maximum absolute atomic E-state index is 10.7. The Bertz CT molecular complexity index is 315. The smallest absolute Gasteiger partial charge is 0.243 e. The van der Waals surface area contributed by atoms with Crippen LogP contribution in [0.3, 0.4) is 0 Å². The minimum atomic E-state index is -0.840. The first-order valence-corrected chi connectivity index (χ1v) is 3.77. The van der Waals surface area contributed by atoms with Crippen molar-refractivity contribution in [1.82, 2.24) is 0 Å². The number of halogens is 1. The first-order valence-electron chi connectivity index (χ1n) is 3.39. The zero-order valence-electron chi connectivity index (χ0n) is 6.20. The first-order chi connectivity index (χ1) is 5.75. The second-order valence-corrected chi connectivity index (χ2v) is 2.65. The van der Waals surface area contributed by atoms with Gasteiger partial charge in [-0.3, -0.25) is 4.79 Å². The Balaban J connectivity index is 2.98. The molecule has 1 aromatic carbocycles. The van der Waals surface area contributed by atoms with Gasteiger partial charge in [0.05, 0.1) is 6.07 Å². The predicted molar refractivity (Wildman–Crippen MR) is 45.7 cm³/mol. The van der Waals surface area contributed by atoms with E-state index in [1.54, 1.807) is 24.3 Å². The van der Waals surface area contributed by atoms with E-state index < -0.39 is 11.2 Å². The molecule has 0 bridgehead atoms. The number of rotatable bonds is 2. The van der Waals surface area contributed by atoms with Gasteiger partial charge in [0.15, 0.2) is 0 Å². The number of hydrogen-bond acceptors (Lipinski definition) is 2. The molecule has 0 aromatic heterocycles. The normalized spacial score (nSPS) is 11.7. The molecule has 0 aliphatic heterocycles. The lowest BCUT2D eigenvalue weighted by molar-refractivity contribution is -0.111. The van der Waals surface area contributed by atoms with E-state index in [2.05, 4.69) is 0 Å². The van der Waals surface area contributed by atoms with Crippen LogP contribution < -0.4 is 0 Å². The van der Waals surface area contributed by atoms with Crippen molar-refractivity contribution in [1.29, 1.82) is 5.26 Å². The topological polar surface area (TPSA) is 40.9 Å². The lowest BCUT2D eigenvalue weighted by atomic mass is 10.0. The summed E-state index contributed by atoms with van der Waals surface area (Å²) in [5.41, 5.74) is 0.639. The van der Waals surface area contributed by atoms with E-state index in [1.165, 1.54) is 0 Å². The molecule has 1 unspecified atom stereocenters. The van der Waals surface area contributed by atoms with Crippen molar-refractivity contribution in [3.63, 3.8) is 0 Å². The Kier molecular flexibility index (Phi) is 2.84. The van der Waals surface area contributed by atoms with E-state index in [0.717, 1.165) is 0 Å². The fraction of sp³-hybridized carbons (Fsp3) is 0.111. The molecule has 0 aliphatic carbocycles. The summed E-state index contributed by atoms with van der Waals surface area (Å²) in [6, 6.07) is 10.6. The number of benzene rings is 1. The van der Waals surface area contributed by atoms with Crippen LogP contribution in [0.1, 0.15) is 11.5 Å². The Morgan fingerprint density at radius 3 is 2.42 bits per heavy atom. The second-order valence-electron chi connectivity index (χ2n) is 2.28. The summed E-state index contributed by atoms with van der Waals surface area (Å²) < 4.78 is 0. The van der Waals surface area contributed by atoms with Crippen LogP contribution in [0.25, 0.3) is 0 Å². The third kappa shape index (κ3) is 1.84. The standard InChI is InChI=1S/C9H6ClNO/c10-9(12)8(6-11)7-4-2-1-3-5-7/h1-5,8H. The number of nitriles is 1. The van der Waals surface area contributed by atoms with E-state index in [4.69, 9.17) is 16.9 Å². The minimum Gasteiger partial charge on any atom is -0.279 e. The minimum absolute atomic E-state index is 0.635. The average Bonchev–Trinajstić information content (AvgIpc) is 2.07. The molecule has 0 saturated heterocycles. The highest BCUT2D eigenvalue weighted by Crippen LogP contribution is 2.16. The highest BCUT2D eigenvalue weighted by atomic mass is 35.5. The third-order valence-corrected chi connectivity index (χ3v) is 1.71. The average molecular weight is 180 g/mol. The Morgan fingerprint density at radius 2 is 2.00 bits per heavy atom. The third-order valence-electron chi connectivity index (χ3n) is 1.49. The summed E-state index contributed by atoms with van der Waals surface area (Å²) in [4.78, 5) is 10.7. The lowest BCUT2D eigenvalue weighted by Gasteiger charge is -2.01. The lowest BCUT2D eigenvalue weighted by Crippen LogP contribution is -2.03. The fourth-order valence-electron chi connectivity index (χ4n) is 0.902. The van der Waals surface area contributed by atoms with Crippen molar-refractivity contribution in [3.05, 3.63) is 35.9 Å². The van der Waals surface area contributed by atoms with Gasteiger partial charge in [-0.15, -0.1) is 0 Å². The molecule has 0 aliphatic rings. The van der Waals surface area contributed by atoms with E-state index in [1.807, 2.05) is 12.1 Å². The molecule has 0 saturated carbocycles. The number of carbonyl (C=O) groups is 1. The van der Waals surface area contributed by atoms with Crippen molar-refractivity contribution in [2.75, 3.05) is 0 Å². The maximum Gasteiger partial charge on any atom is 0.243 e. The van der Waals surface area contributed by atoms with Gasteiger partial charge >= 0.3 is 0 Å². The van der Waals surface area contributed by atoms with Gasteiger partial charge in [-0.25, -0.2) is 0 Å². The van der Waals surface area contributed by atoms with Crippen LogP contribution in [0.15, 0.2) is 30.3 Å². The van der Waals surface area contributed by atoms with Crippen molar-refractivity contribution in [3.8, 4) is 6.07 Å². The molecule has 1 atom stereocenters. The van der Waals surface area contributed by atoms with E-state index >= 15 is 0 Å². The molecule has 0 amide bonds. The molecule has 0 spiro atoms. The van der Waals surface area contributed by atoms with Crippen molar-refractivity contribution in [2.24, 2.45) is 0 Å². The molecule has 2 nitrogen and oxygen atoms in total. The molecule has 0 fully saturated rings. The Morgan fingerprint density at radius 1 is 1.42 bits per heavy atom. The van der Waals surface area contributed by atoms with Gasteiger partial charge < -0.3 is 0 Å². The highest BCUT2D eigenvalue weighted by molar-refractivity contribution is 6.65. The largest absolute Gasteiger partial charge is 0.279 e. The second kappa shape index (κ2) is 3.89. The van der Waals surface area contributed by atoms with Crippen molar-refractivity contribution >= 4 is 16.8 Å². The van der Waals surface area contributed by atoms with Crippen LogP contribution in [0, 0.1) is 11.3 Å². The van der Waals surface area contributed by atoms with Gasteiger partial charge in [0, 0.05) is 0 Å². The van der Waals surface area contributed by atoms with Gasteiger partial charge in [-0.05, 0) is 17.2 Å². The van der Waals surface area contributed by atoms with Crippen LogP contribution in [0.5, 0.6) is 0 Å². The molecule has 12 heavy (non-hydrogen) atoms.